The van der Waals surface area contributed by atoms with E-state index in [4.69, 9.17) is 5.11 Å². The maximum Gasteiger partial charge on any atom is 0.323 e. The van der Waals surface area contributed by atoms with E-state index in [1.165, 1.54) is 16.2 Å². The van der Waals surface area contributed by atoms with Crippen molar-refractivity contribution in [2.75, 3.05) is 11.9 Å². The molecule has 0 bridgehead atoms. The third-order valence-corrected chi connectivity index (χ3v) is 4.34. The van der Waals surface area contributed by atoms with Gasteiger partial charge in [0.15, 0.2) is 5.13 Å². The Balaban J connectivity index is 2.03. The Labute approximate surface area is 155 Å². The molecule has 2 N–H and O–H groups in total. The molecule has 0 saturated heterocycles. The number of amides is 2. The zero-order valence-electron chi connectivity index (χ0n) is 14.6. The second-order valence-corrected chi connectivity index (χ2v) is 6.95. The van der Waals surface area contributed by atoms with Gasteiger partial charge in [0, 0.05) is 17.8 Å². The molecule has 0 aliphatic heterocycles. The summed E-state index contributed by atoms with van der Waals surface area (Å²) in [6, 6.07) is 9.20. The van der Waals surface area contributed by atoms with Gasteiger partial charge in [0.25, 0.3) is 0 Å². The molecule has 1 heterocycles. The number of carboxylic acids is 1. The van der Waals surface area contributed by atoms with Gasteiger partial charge in [-0.15, -0.1) is 11.3 Å². The Morgan fingerprint density at radius 1 is 1.23 bits per heavy atom. The van der Waals surface area contributed by atoms with Crippen LogP contribution >= 0.6 is 11.3 Å². The van der Waals surface area contributed by atoms with E-state index in [0.717, 1.165) is 5.56 Å². The van der Waals surface area contributed by atoms with Crippen LogP contribution in [-0.2, 0) is 27.3 Å². The van der Waals surface area contributed by atoms with Crippen molar-refractivity contribution >= 4 is 34.3 Å². The van der Waals surface area contributed by atoms with Crippen molar-refractivity contribution in [1.29, 1.82) is 0 Å². The summed E-state index contributed by atoms with van der Waals surface area (Å²) >= 11 is 1.24. The quantitative estimate of drug-likeness (QED) is 0.738. The van der Waals surface area contributed by atoms with Crippen LogP contribution in [0.25, 0.3) is 0 Å². The number of thiazole rings is 1. The zero-order valence-corrected chi connectivity index (χ0v) is 15.5. The van der Waals surface area contributed by atoms with E-state index in [1.807, 2.05) is 30.3 Å². The first-order chi connectivity index (χ1) is 12.3. The fourth-order valence-electron chi connectivity index (χ4n) is 2.16. The number of carbonyl (C=O) groups excluding carboxylic acids is 2. The number of rotatable bonds is 8. The molecule has 1 aromatic heterocycles. The van der Waals surface area contributed by atoms with Gasteiger partial charge in [0.1, 0.15) is 6.54 Å². The lowest BCUT2D eigenvalue weighted by Gasteiger charge is -2.20. The molecule has 0 fully saturated rings. The number of aromatic nitrogens is 1. The van der Waals surface area contributed by atoms with E-state index in [2.05, 4.69) is 10.3 Å². The summed E-state index contributed by atoms with van der Waals surface area (Å²) in [6.07, 6.45) is -0.0197. The molecule has 2 rings (SSSR count). The highest BCUT2D eigenvalue weighted by atomic mass is 32.1. The standard InChI is InChI=1S/C18H21N3O4S/c1-12(2)17(25)20-18-19-14(11-26-18)8-15(22)21(10-16(23)24)9-13-6-4-3-5-7-13/h3-7,11-12H,8-10H2,1-2H3,(H,23,24)(H,19,20,25). The van der Waals surface area contributed by atoms with Crippen molar-refractivity contribution in [3.05, 3.63) is 47.0 Å². The summed E-state index contributed by atoms with van der Waals surface area (Å²) in [7, 11) is 0. The molecular weight excluding hydrogens is 354 g/mol. The normalized spacial score (nSPS) is 10.6. The predicted octanol–water partition coefficient (Wildman–Crippen LogP) is 2.39. The van der Waals surface area contributed by atoms with E-state index >= 15 is 0 Å². The van der Waals surface area contributed by atoms with Crippen LogP contribution in [0.3, 0.4) is 0 Å². The second kappa shape index (κ2) is 9.10. The first-order valence-corrected chi connectivity index (χ1v) is 9.02. The molecular formula is C18H21N3O4S. The summed E-state index contributed by atoms with van der Waals surface area (Å²) < 4.78 is 0. The zero-order chi connectivity index (χ0) is 19.1. The number of hydrogen-bond donors (Lipinski definition) is 2. The van der Waals surface area contributed by atoms with E-state index in [1.54, 1.807) is 19.2 Å². The third kappa shape index (κ3) is 5.96. The number of nitrogens with zero attached hydrogens (tertiary/aromatic N) is 2. The highest BCUT2D eigenvalue weighted by molar-refractivity contribution is 7.13. The van der Waals surface area contributed by atoms with Crippen LogP contribution in [0.2, 0.25) is 0 Å². The smallest absolute Gasteiger partial charge is 0.323 e. The highest BCUT2D eigenvalue weighted by Crippen LogP contribution is 2.17. The number of benzene rings is 1. The monoisotopic (exact) mass is 375 g/mol. The van der Waals surface area contributed by atoms with Crippen LogP contribution in [0.15, 0.2) is 35.7 Å². The molecule has 0 saturated carbocycles. The number of aliphatic carboxylic acids is 1. The Bertz CT molecular complexity index is 774. The molecule has 0 unspecified atom stereocenters. The van der Waals surface area contributed by atoms with Gasteiger partial charge in [0.2, 0.25) is 11.8 Å². The van der Waals surface area contributed by atoms with Gasteiger partial charge >= 0.3 is 5.97 Å². The fraction of sp³-hybridized carbons (Fsp3) is 0.333. The van der Waals surface area contributed by atoms with Crippen molar-refractivity contribution in [3.8, 4) is 0 Å². The summed E-state index contributed by atoms with van der Waals surface area (Å²) in [5.74, 6) is -1.71. The number of carbonyl (C=O) groups is 3. The maximum absolute atomic E-state index is 12.5. The third-order valence-electron chi connectivity index (χ3n) is 3.53. The van der Waals surface area contributed by atoms with Crippen LogP contribution < -0.4 is 5.32 Å². The van der Waals surface area contributed by atoms with Crippen molar-refractivity contribution < 1.29 is 19.5 Å². The largest absolute Gasteiger partial charge is 0.480 e. The first-order valence-electron chi connectivity index (χ1n) is 8.14. The summed E-state index contributed by atoms with van der Waals surface area (Å²) in [4.78, 5) is 40.8. The lowest BCUT2D eigenvalue weighted by Crippen LogP contribution is -2.36. The van der Waals surface area contributed by atoms with Crippen molar-refractivity contribution in [2.24, 2.45) is 5.92 Å². The molecule has 2 aromatic rings. The summed E-state index contributed by atoms with van der Waals surface area (Å²) in [5, 5.41) is 13.9. The molecule has 0 radical (unpaired) electrons. The number of carboxylic acid groups (broad SMARTS) is 1. The van der Waals surface area contributed by atoms with Crippen LogP contribution in [0.4, 0.5) is 5.13 Å². The molecule has 0 aliphatic rings. The number of anilines is 1. The molecule has 0 atom stereocenters. The molecule has 0 aliphatic carbocycles. The molecule has 26 heavy (non-hydrogen) atoms. The fourth-order valence-corrected chi connectivity index (χ4v) is 2.87. The van der Waals surface area contributed by atoms with E-state index in [0.29, 0.717) is 10.8 Å². The van der Waals surface area contributed by atoms with Gasteiger partial charge in [-0.3, -0.25) is 14.4 Å². The van der Waals surface area contributed by atoms with Crippen LogP contribution in [0.5, 0.6) is 0 Å². The molecule has 0 spiro atoms. The van der Waals surface area contributed by atoms with Crippen molar-refractivity contribution in [3.63, 3.8) is 0 Å². The predicted molar refractivity (Wildman–Crippen MR) is 98.8 cm³/mol. The second-order valence-electron chi connectivity index (χ2n) is 6.09. The molecule has 2 amide bonds. The van der Waals surface area contributed by atoms with Gasteiger partial charge in [-0.1, -0.05) is 44.2 Å². The van der Waals surface area contributed by atoms with Gasteiger partial charge < -0.3 is 15.3 Å². The molecule has 8 heteroatoms. The average molecular weight is 375 g/mol. The average Bonchev–Trinajstić information content (AvgIpc) is 3.01. The lowest BCUT2D eigenvalue weighted by molar-refractivity contribution is -0.144. The van der Waals surface area contributed by atoms with Gasteiger partial charge in [-0.05, 0) is 5.56 Å². The minimum Gasteiger partial charge on any atom is -0.480 e. The molecule has 138 valence electrons. The first kappa shape index (κ1) is 19.6. The Hall–Kier alpha value is -2.74. The summed E-state index contributed by atoms with van der Waals surface area (Å²) in [5.41, 5.74) is 1.35. The molecule has 7 nitrogen and oxygen atoms in total. The minimum atomic E-state index is -1.07. The van der Waals surface area contributed by atoms with Crippen molar-refractivity contribution in [1.82, 2.24) is 9.88 Å². The number of nitrogens with one attached hydrogen (secondary N) is 1. The number of hydrogen-bond acceptors (Lipinski definition) is 5. The van der Waals surface area contributed by atoms with Gasteiger partial charge in [0.05, 0.1) is 12.1 Å². The maximum atomic E-state index is 12.5. The van der Waals surface area contributed by atoms with Crippen LogP contribution in [-0.4, -0.2) is 39.3 Å². The van der Waals surface area contributed by atoms with Gasteiger partial charge in [-0.25, -0.2) is 4.98 Å². The van der Waals surface area contributed by atoms with Crippen molar-refractivity contribution in [2.45, 2.75) is 26.8 Å². The van der Waals surface area contributed by atoms with E-state index < -0.39 is 5.97 Å². The van der Waals surface area contributed by atoms with E-state index in [-0.39, 0.29) is 37.2 Å². The highest BCUT2D eigenvalue weighted by Gasteiger charge is 2.19. The Morgan fingerprint density at radius 2 is 1.92 bits per heavy atom. The SMILES string of the molecule is CC(C)C(=O)Nc1nc(CC(=O)N(CC(=O)O)Cc2ccccc2)cs1. The Morgan fingerprint density at radius 3 is 2.54 bits per heavy atom. The van der Waals surface area contributed by atoms with Crippen LogP contribution in [0.1, 0.15) is 25.1 Å². The lowest BCUT2D eigenvalue weighted by atomic mass is 10.2. The minimum absolute atomic E-state index is 0.0197. The van der Waals surface area contributed by atoms with E-state index in [9.17, 15) is 14.4 Å². The molecule has 1 aromatic carbocycles. The van der Waals surface area contributed by atoms with Crippen LogP contribution in [0, 0.1) is 5.92 Å². The Kier molecular flexibility index (Phi) is 6.85. The summed E-state index contributed by atoms with van der Waals surface area (Å²) in [6.45, 7) is 3.39. The van der Waals surface area contributed by atoms with Gasteiger partial charge in [-0.2, -0.15) is 0 Å². The topological polar surface area (TPSA) is 99.6 Å².